The SMILES string of the molecule is Cc1cc(Br)c(C(Cl)c2ccc(Br)o2)cc1Br. The molecule has 90 valence electrons. The zero-order chi connectivity index (χ0) is 12.6. The van der Waals surface area contributed by atoms with Gasteiger partial charge in [-0.2, -0.15) is 0 Å². The van der Waals surface area contributed by atoms with Crippen LogP contribution in [0.2, 0.25) is 0 Å². The lowest BCUT2D eigenvalue weighted by molar-refractivity contribution is 0.494. The van der Waals surface area contributed by atoms with Gasteiger partial charge in [0.1, 0.15) is 11.1 Å². The third-order valence-corrected chi connectivity index (χ3v) is 4.81. The Morgan fingerprint density at radius 3 is 2.41 bits per heavy atom. The van der Waals surface area contributed by atoms with Crippen molar-refractivity contribution in [2.75, 3.05) is 0 Å². The van der Waals surface area contributed by atoms with E-state index in [1.54, 1.807) is 0 Å². The number of halogens is 4. The number of benzene rings is 1. The van der Waals surface area contributed by atoms with Gasteiger partial charge in [-0.3, -0.25) is 0 Å². The van der Waals surface area contributed by atoms with Gasteiger partial charge in [-0.15, -0.1) is 11.6 Å². The van der Waals surface area contributed by atoms with Crippen molar-refractivity contribution in [2.24, 2.45) is 0 Å². The van der Waals surface area contributed by atoms with Crippen LogP contribution in [0, 0.1) is 6.92 Å². The summed E-state index contributed by atoms with van der Waals surface area (Å²) in [6, 6.07) is 7.74. The first-order chi connectivity index (χ1) is 7.99. The summed E-state index contributed by atoms with van der Waals surface area (Å²) < 4.78 is 8.17. The molecule has 1 nitrogen and oxygen atoms in total. The number of aryl methyl sites for hydroxylation is 1. The van der Waals surface area contributed by atoms with Gasteiger partial charge in [0.2, 0.25) is 0 Å². The zero-order valence-corrected chi connectivity index (χ0v) is 14.3. The summed E-state index contributed by atoms with van der Waals surface area (Å²) in [5, 5.41) is -0.312. The lowest BCUT2D eigenvalue weighted by Crippen LogP contribution is -1.94. The van der Waals surface area contributed by atoms with Crippen LogP contribution in [0.25, 0.3) is 0 Å². The lowest BCUT2D eigenvalue weighted by Gasteiger charge is -2.11. The number of hydrogen-bond acceptors (Lipinski definition) is 1. The first kappa shape index (κ1) is 13.7. The maximum Gasteiger partial charge on any atom is 0.169 e. The summed E-state index contributed by atoms with van der Waals surface area (Å²) in [5.41, 5.74) is 2.14. The Hall–Kier alpha value is 0.230. The van der Waals surface area contributed by atoms with E-state index >= 15 is 0 Å². The molecule has 0 saturated carbocycles. The largest absolute Gasteiger partial charge is 0.452 e. The van der Waals surface area contributed by atoms with Gasteiger partial charge in [-0.25, -0.2) is 0 Å². The smallest absolute Gasteiger partial charge is 0.169 e. The molecule has 0 bridgehead atoms. The van der Waals surface area contributed by atoms with E-state index in [1.807, 2.05) is 31.2 Å². The zero-order valence-electron chi connectivity index (χ0n) is 8.81. The molecule has 1 aromatic carbocycles. The van der Waals surface area contributed by atoms with Crippen LogP contribution in [-0.4, -0.2) is 0 Å². The first-order valence-corrected chi connectivity index (χ1v) is 7.65. The third kappa shape index (κ3) is 2.98. The van der Waals surface area contributed by atoms with Crippen LogP contribution < -0.4 is 0 Å². The van der Waals surface area contributed by atoms with Crippen molar-refractivity contribution in [1.82, 2.24) is 0 Å². The highest BCUT2D eigenvalue weighted by molar-refractivity contribution is 9.11. The number of hydrogen-bond donors (Lipinski definition) is 0. The van der Waals surface area contributed by atoms with Gasteiger partial charge < -0.3 is 4.42 Å². The van der Waals surface area contributed by atoms with E-state index in [1.165, 1.54) is 0 Å². The van der Waals surface area contributed by atoms with E-state index < -0.39 is 0 Å². The predicted octanol–water partition coefficient (Wildman–Crippen LogP) is 6.20. The minimum atomic E-state index is -0.312. The molecule has 0 aliphatic carbocycles. The van der Waals surface area contributed by atoms with Crippen LogP contribution in [0.1, 0.15) is 22.3 Å². The average molecular weight is 443 g/mol. The Labute approximate surface area is 130 Å². The standard InChI is InChI=1S/C12H8Br3ClO/c1-6-4-9(14)7(5-8(6)13)12(16)10-2-3-11(15)17-10/h2-5,12H,1H3. The van der Waals surface area contributed by atoms with Gasteiger partial charge in [0.05, 0.1) is 0 Å². The van der Waals surface area contributed by atoms with Crippen molar-refractivity contribution in [2.45, 2.75) is 12.3 Å². The summed E-state index contributed by atoms with van der Waals surface area (Å²) >= 11 is 16.7. The maximum atomic E-state index is 6.41. The van der Waals surface area contributed by atoms with Crippen LogP contribution in [0.15, 0.2) is 42.3 Å². The number of alkyl halides is 1. The molecule has 0 aliphatic rings. The van der Waals surface area contributed by atoms with E-state index in [4.69, 9.17) is 16.0 Å². The van der Waals surface area contributed by atoms with Crippen molar-refractivity contribution in [3.05, 3.63) is 54.8 Å². The molecule has 0 aliphatic heterocycles. The highest BCUT2D eigenvalue weighted by Crippen LogP contribution is 2.37. The fourth-order valence-corrected chi connectivity index (χ4v) is 3.27. The molecular formula is C12H8Br3ClO. The van der Waals surface area contributed by atoms with Crippen LogP contribution in [0.5, 0.6) is 0 Å². The molecule has 2 aromatic rings. The minimum absolute atomic E-state index is 0.312. The number of rotatable bonds is 2. The number of furan rings is 1. The second kappa shape index (κ2) is 5.47. The van der Waals surface area contributed by atoms with E-state index in [-0.39, 0.29) is 5.38 Å². The van der Waals surface area contributed by atoms with Crippen molar-refractivity contribution in [1.29, 1.82) is 0 Å². The van der Waals surface area contributed by atoms with Crippen LogP contribution in [-0.2, 0) is 0 Å². The summed E-state index contributed by atoms with van der Waals surface area (Å²) in [5.74, 6) is 0.718. The maximum absolute atomic E-state index is 6.41. The Morgan fingerprint density at radius 1 is 1.12 bits per heavy atom. The Balaban J connectivity index is 2.43. The van der Waals surface area contributed by atoms with Crippen molar-refractivity contribution in [3.8, 4) is 0 Å². The quantitative estimate of drug-likeness (QED) is 0.504. The molecule has 17 heavy (non-hydrogen) atoms. The Morgan fingerprint density at radius 2 is 1.82 bits per heavy atom. The summed E-state index contributed by atoms with van der Waals surface area (Å²) in [4.78, 5) is 0. The summed E-state index contributed by atoms with van der Waals surface area (Å²) in [7, 11) is 0. The van der Waals surface area contributed by atoms with E-state index in [9.17, 15) is 0 Å². The van der Waals surface area contributed by atoms with Gasteiger partial charge >= 0.3 is 0 Å². The molecule has 1 aromatic heterocycles. The van der Waals surface area contributed by atoms with Crippen LogP contribution in [0.4, 0.5) is 0 Å². The normalized spacial score (nSPS) is 12.8. The molecule has 0 saturated heterocycles. The topological polar surface area (TPSA) is 13.1 Å². The second-order valence-corrected chi connectivity index (χ2v) is 6.55. The van der Waals surface area contributed by atoms with Crippen molar-refractivity contribution >= 4 is 59.4 Å². The summed E-state index contributed by atoms with van der Waals surface area (Å²) in [6.45, 7) is 2.03. The molecule has 5 heteroatoms. The molecule has 0 radical (unpaired) electrons. The monoisotopic (exact) mass is 440 g/mol. The van der Waals surface area contributed by atoms with Gasteiger partial charge in [-0.1, -0.05) is 31.9 Å². The third-order valence-electron chi connectivity index (χ3n) is 2.39. The fourth-order valence-electron chi connectivity index (χ4n) is 1.47. The highest BCUT2D eigenvalue weighted by atomic mass is 79.9. The molecule has 1 atom stereocenters. The average Bonchev–Trinajstić information content (AvgIpc) is 2.69. The van der Waals surface area contributed by atoms with Gasteiger partial charge in [0, 0.05) is 8.95 Å². The minimum Gasteiger partial charge on any atom is -0.452 e. The van der Waals surface area contributed by atoms with Crippen molar-refractivity contribution in [3.63, 3.8) is 0 Å². The van der Waals surface area contributed by atoms with Gasteiger partial charge in [-0.05, 0) is 58.2 Å². The van der Waals surface area contributed by atoms with Crippen LogP contribution >= 0.6 is 59.4 Å². The molecule has 0 amide bonds. The van der Waals surface area contributed by atoms with E-state index in [0.717, 1.165) is 25.8 Å². The van der Waals surface area contributed by atoms with Gasteiger partial charge in [0.25, 0.3) is 0 Å². The fraction of sp³-hybridized carbons (Fsp3) is 0.167. The summed E-state index contributed by atoms with van der Waals surface area (Å²) in [6.07, 6.45) is 0. The molecular weight excluding hydrogens is 435 g/mol. The van der Waals surface area contributed by atoms with Crippen LogP contribution in [0.3, 0.4) is 0 Å². The Bertz CT molecular complexity index is 551. The second-order valence-electron chi connectivity index (χ2n) is 3.63. The van der Waals surface area contributed by atoms with E-state index in [2.05, 4.69) is 47.8 Å². The molecule has 0 N–H and O–H groups in total. The molecule has 2 rings (SSSR count). The highest BCUT2D eigenvalue weighted by Gasteiger charge is 2.18. The Kier molecular flexibility index (Phi) is 4.40. The first-order valence-electron chi connectivity index (χ1n) is 4.84. The molecule has 0 spiro atoms. The molecule has 1 unspecified atom stereocenters. The van der Waals surface area contributed by atoms with E-state index in [0.29, 0.717) is 4.67 Å². The van der Waals surface area contributed by atoms with Crippen molar-refractivity contribution < 1.29 is 4.42 Å². The van der Waals surface area contributed by atoms with Gasteiger partial charge in [0.15, 0.2) is 4.67 Å². The molecule has 0 fully saturated rings. The lowest BCUT2D eigenvalue weighted by atomic mass is 10.1. The molecule has 1 heterocycles. The predicted molar refractivity (Wildman–Crippen MR) is 80.7 cm³/mol.